The Balaban J connectivity index is 1.59. The Morgan fingerprint density at radius 2 is 1.89 bits per heavy atom. The van der Waals surface area contributed by atoms with Crippen molar-refractivity contribution in [2.24, 2.45) is 5.92 Å². The van der Waals surface area contributed by atoms with E-state index in [-0.39, 0.29) is 43.8 Å². The highest BCUT2D eigenvalue weighted by atomic mass is 32.2. The van der Waals surface area contributed by atoms with Gasteiger partial charge in [-0.3, -0.25) is 14.4 Å². The van der Waals surface area contributed by atoms with E-state index in [0.29, 0.717) is 36.6 Å². The monoisotopic (exact) mass is 533 g/mol. The third kappa shape index (κ3) is 6.85. The Hall–Kier alpha value is -3.02. The van der Waals surface area contributed by atoms with Gasteiger partial charge in [0.2, 0.25) is 22.7 Å². The van der Waals surface area contributed by atoms with Gasteiger partial charge < -0.3 is 24.2 Å². The molecule has 2 heterocycles. The van der Waals surface area contributed by atoms with Crippen molar-refractivity contribution < 1.29 is 32.5 Å². The van der Waals surface area contributed by atoms with Gasteiger partial charge in [-0.1, -0.05) is 13.0 Å². The summed E-state index contributed by atoms with van der Waals surface area (Å²) in [5, 5.41) is 9.80. The topological polar surface area (TPSA) is 118 Å². The summed E-state index contributed by atoms with van der Waals surface area (Å²) in [4.78, 5) is 17.1. The highest BCUT2D eigenvalue weighted by Gasteiger charge is 2.31. The number of likely N-dealkylation sites (N-methyl/N-ethyl adjacent to an activating group) is 1. The Morgan fingerprint density at radius 1 is 1.16 bits per heavy atom. The largest absolute Gasteiger partial charge is 0.488 e. The number of benzene rings is 2. The molecule has 202 valence electrons. The molecule has 2 aromatic carbocycles. The first kappa shape index (κ1) is 27.0. The second-order valence-electron chi connectivity index (χ2n) is 9.97. The Bertz CT molecular complexity index is 1240. The molecule has 10 nitrogen and oxygen atoms in total. The zero-order valence-electron chi connectivity index (χ0n) is 21.6. The van der Waals surface area contributed by atoms with Gasteiger partial charge in [-0.25, -0.2) is 8.42 Å². The van der Waals surface area contributed by atoms with Crippen LogP contribution in [0.25, 0.3) is 0 Å². The zero-order valence-corrected chi connectivity index (χ0v) is 22.5. The Morgan fingerprint density at radius 3 is 2.62 bits per heavy atom. The normalized spacial score (nSPS) is 20.5. The number of anilines is 1. The van der Waals surface area contributed by atoms with Crippen molar-refractivity contribution in [1.82, 2.24) is 9.80 Å². The SMILES string of the molecule is C[C@H]1CN([C@@H](C)CO)C(=O)Cc2cc(NS(C)(=O)=O)ccc2O[C@H]1CN(C)Cc1ccc2c(c1)OCO2. The van der Waals surface area contributed by atoms with Crippen molar-refractivity contribution in [3.8, 4) is 17.2 Å². The van der Waals surface area contributed by atoms with Crippen LogP contribution >= 0.6 is 0 Å². The van der Waals surface area contributed by atoms with E-state index < -0.39 is 10.0 Å². The molecule has 3 atom stereocenters. The summed E-state index contributed by atoms with van der Waals surface area (Å²) in [5.74, 6) is 1.82. The lowest BCUT2D eigenvalue weighted by molar-refractivity contribution is -0.134. The minimum atomic E-state index is -3.48. The van der Waals surface area contributed by atoms with Gasteiger partial charge in [0.1, 0.15) is 11.9 Å². The van der Waals surface area contributed by atoms with E-state index in [9.17, 15) is 18.3 Å². The quantitative estimate of drug-likeness (QED) is 0.530. The molecular weight excluding hydrogens is 498 g/mol. The van der Waals surface area contributed by atoms with Crippen LogP contribution < -0.4 is 18.9 Å². The summed E-state index contributed by atoms with van der Waals surface area (Å²) >= 11 is 0. The number of aliphatic hydroxyl groups excluding tert-OH is 1. The average molecular weight is 534 g/mol. The highest BCUT2D eigenvalue weighted by molar-refractivity contribution is 7.92. The summed E-state index contributed by atoms with van der Waals surface area (Å²) in [6.07, 6.45) is 0.839. The predicted molar refractivity (Wildman–Crippen MR) is 139 cm³/mol. The molecule has 0 aromatic heterocycles. The smallest absolute Gasteiger partial charge is 0.231 e. The van der Waals surface area contributed by atoms with Crippen molar-refractivity contribution in [1.29, 1.82) is 0 Å². The van der Waals surface area contributed by atoms with Crippen LogP contribution in [-0.2, 0) is 27.8 Å². The minimum absolute atomic E-state index is 0.0332. The molecule has 2 N–H and O–H groups in total. The van der Waals surface area contributed by atoms with Gasteiger partial charge in [0.15, 0.2) is 11.5 Å². The number of rotatable bonds is 8. The maximum atomic E-state index is 13.3. The zero-order chi connectivity index (χ0) is 26.7. The van der Waals surface area contributed by atoms with Gasteiger partial charge in [0.05, 0.1) is 25.3 Å². The lowest BCUT2D eigenvalue weighted by atomic mass is 10.0. The van der Waals surface area contributed by atoms with Gasteiger partial charge in [0, 0.05) is 36.8 Å². The molecule has 0 unspecified atom stereocenters. The molecule has 2 aliphatic heterocycles. The highest BCUT2D eigenvalue weighted by Crippen LogP contribution is 2.33. The van der Waals surface area contributed by atoms with Gasteiger partial charge >= 0.3 is 0 Å². The molecule has 2 aliphatic rings. The molecular formula is C26H35N3O7S. The third-order valence-electron chi connectivity index (χ3n) is 6.60. The van der Waals surface area contributed by atoms with Crippen molar-refractivity contribution >= 4 is 21.6 Å². The standard InChI is InChI=1S/C26H35N3O7S/c1-17-12-29(18(2)15-30)26(31)11-20-10-21(27-37(4,32)33)6-8-22(20)36-25(17)14-28(3)13-19-5-7-23-24(9-19)35-16-34-23/h5-10,17-18,25,27,30H,11-16H2,1-4H3/t17-,18-,25-/m0/s1. The maximum absolute atomic E-state index is 13.3. The molecule has 0 radical (unpaired) electrons. The summed E-state index contributed by atoms with van der Waals surface area (Å²) in [6.45, 7) is 5.57. The first-order valence-electron chi connectivity index (χ1n) is 12.3. The fourth-order valence-corrected chi connectivity index (χ4v) is 5.20. The third-order valence-corrected chi connectivity index (χ3v) is 7.21. The second kappa shape index (κ2) is 11.2. The van der Waals surface area contributed by atoms with Crippen LogP contribution in [0.2, 0.25) is 0 Å². The van der Waals surface area contributed by atoms with Gasteiger partial charge in [-0.05, 0) is 49.9 Å². The second-order valence-corrected chi connectivity index (χ2v) is 11.7. The summed E-state index contributed by atoms with van der Waals surface area (Å²) in [5.41, 5.74) is 2.03. The molecule has 0 fully saturated rings. The average Bonchev–Trinajstić information content (AvgIpc) is 3.30. The Kier molecular flexibility index (Phi) is 8.15. The van der Waals surface area contributed by atoms with E-state index in [1.54, 1.807) is 23.1 Å². The number of aliphatic hydroxyl groups is 1. The number of fused-ring (bicyclic) bond motifs is 2. The van der Waals surface area contributed by atoms with Crippen molar-refractivity contribution in [2.45, 2.75) is 39.0 Å². The van der Waals surface area contributed by atoms with Crippen molar-refractivity contribution in [3.05, 3.63) is 47.5 Å². The number of carbonyl (C=O) groups excluding carboxylic acids is 1. The van der Waals surface area contributed by atoms with Crippen molar-refractivity contribution in [2.75, 3.05) is 44.5 Å². The van der Waals surface area contributed by atoms with Crippen LogP contribution in [-0.4, -0.2) is 81.2 Å². The van der Waals surface area contributed by atoms with Crippen LogP contribution in [0.4, 0.5) is 5.69 Å². The molecule has 37 heavy (non-hydrogen) atoms. The molecule has 2 aromatic rings. The van der Waals surface area contributed by atoms with Crippen LogP contribution in [0.3, 0.4) is 0 Å². The van der Waals surface area contributed by atoms with Crippen LogP contribution in [0.1, 0.15) is 25.0 Å². The molecule has 0 spiro atoms. The summed E-state index contributed by atoms with van der Waals surface area (Å²) < 4.78 is 43.4. The van der Waals surface area contributed by atoms with Crippen LogP contribution in [0, 0.1) is 5.92 Å². The minimum Gasteiger partial charge on any atom is -0.488 e. The first-order valence-corrected chi connectivity index (χ1v) is 14.2. The van der Waals surface area contributed by atoms with E-state index in [1.165, 1.54) is 0 Å². The number of nitrogens with one attached hydrogen (secondary N) is 1. The molecule has 0 bridgehead atoms. The summed E-state index contributed by atoms with van der Waals surface area (Å²) in [7, 11) is -1.47. The summed E-state index contributed by atoms with van der Waals surface area (Å²) in [6, 6.07) is 10.5. The van der Waals surface area contributed by atoms with E-state index in [1.807, 2.05) is 39.1 Å². The van der Waals surface area contributed by atoms with Gasteiger partial charge in [-0.15, -0.1) is 0 Å². The van der Waals surface area contributed by atoms with E-state index in [4.69, 9.17) is 14.2 Å². The van der Waals surface area contributed by atoms with Crippen LogP contribution in [0.15, 0.2) is 36.4 Å². The maximum Gasteiger partial charge on any atom is 0.231 e. The molecule has 11 heteroatoms. The molecule has 0 saturated carbocycles. The van der Waals surface area contributed by atoms with Gasteiger partial charge in [0.25, 0.3) is 0 Å². The molecule has 1 amide bonds. The van der Waals surface area contributed by atoms with Gasteiger partial charge in [-0.2, -0.15) is 0 Å². The van der Waals surface area contributed by atoms with E-state index >= 15 is 0 Å². The number of hydrogen-bond donors (Lipinski definition) is 2. The number of carbonyl (C=O) groups is 1. The number of amides is 1. The number of ether oxygens (including phenoxy) is 3. The number of nitrogens with zero attached hydrogens (tertiary/aromatic N) is 2. The lowest BCUT2D eigenvalue weighted by Gasteiger charge is -2.34. The van der Waals surface area contributed by atoms with E-state index in [0.717, 1.165) is 23.3 Å². The fraction of sp³-hybridized carbons (Fsp3) is 0.500. The van der Waals surface area contributed by atoms with Crippen molar-refractivity contribution in [3.63, 3.8) is 0 Å². The van der Waals surface area contributed by atoms with E-state index in [2.05, 4.69) is 9.62 Å². The number of hydrogen-bond acceptors (Lipinski definition) is 8. The Labute approximate surface area is 218 Å². The van der Waals surface area contributed by atoms with Crippen LogP contribution in [0.5, 0.6) is 17.2 Å². The molecule has 0 aliphatic carbocycles. The lowest BCUT2D eigenvalue weighted by Crippen LogP contribution is -2.47. The molecule has 4 rings (SSSR count). The first-order chi connectivity index (χ1) is 17.5. The number of sulfonamides is 1. The fourth-order valence-electron chi connectivity index (χ4n) is 4.65. The molecule has 0 saturated heterocycles. The predicted octanol–water partition coefficient (Wildman–Crippen LogP) is 2.07.